The van der Waals surface area contributed by atoms with Crippen molar-refractivity contribution in [2.24, 2.45) is 5.41 Å². The fourth-order valence-electron chi connectivity index (χ4n) is 6.37. The van der Waals surface area contributed by atoms with Crippen molar-refractivity contribution >= 4 is 11.7 Å². The van der Waals surface area contributed by atoms with Crippen LogP contribution in [0.4, 0.5) is 10.1 Å². The highest BCUT2D eigenvalue weighted by atomic mass is 19.1. The van der Waals surface area contributed by atoms with Gasteiger partial charge in [-0.25, -0.2) is 9.18 Å². The lowest BCUT2D eigenvalue weighted by Gasteiger charge is -2.41. The number of piperidine rings is 1. The molecule has 2 aliphatic rings. The first kappa shape index (κ1) is 31.9. The highest BCUT2D eigenvalue weighted by Crippen LogP contribution is 2.46. The summed E-state index contributed by atoms with van der Waals surface area (Å²) in [5.41, 5.74) is 5.52. The SMILES string of the molecule is Cc1nc(CO)c(-c2ccc3c(c2)CC[C@H](Cc2ccc(F)cc2)O3)c(N2CCC(C)(C)CC2)c1C(OC(C)(C)C)C(=O)O. The van der Waals surface area contributed by atoms with E-state index in [-0.39, 0.29) is 23.9 Å². The number of benzene rings is 2. The van der Waals surface area contributed by atoms with Gasteiger partial charge in [0.1, 0.15) is 17.7 Å². The minimum atomic E-state index is -1.23. The molecule has 1 aromatic heterocycles. The number of hydrogen-bond acceptors (Lipinski definition) is 6. The van der Waals surface area contributed by atoms with Crippen LogP contribution >= 0.6 is 0 Å². The van der Waals surface area contributed by atoms with Crippen LogP contribution in [0, 0.1) is 18.2 Å². The van der Waals surface area contributed by atoms with Gasteiger partial charge in [-0.2, -0.15) is 0 Å². The molecule has 236 valence electrons. The highest BCUT2D eigenvalue weighted by molar-refractivity contribution is 5.88. The van der Waals surface area contributed by atoms with Crippen molar-refractivity contribution in [3.05, 3.63) is 76.4 Å². The number of aliphatic hydroxyl groups is 1. The number of aliphatic hydroxyl groups excluding tert-OH is 1. The summed E-state index contributed by atoms with van der Waals surface area (Å²) < 4.78 is 26.0. The largest absolute Gasteiger partial charge is 0.490 e. The molecule has 3 heterocycles. The summed E-state index contributed by atoms with van der Waals surface area (Å²) in [5.74, 6) is -0.518. The number of ether oxygens (including phenoxy) is 2. The number of carboxylic acids is 1. The predicted octanol–water partition coefficient (Wildman–Crippen LogP) is 7.19. The zero-order chi connectivity index (χ0) is 31.8. The average molecular weight is 605 g/mol. The van der Waals surface area contributed by atoms with Gasteiger partial charge in [0.05, 0.1) is 23.6 Å². The van der Waals surface area contributed by atoms with E-state index in [1.807, 2.05) is 32.9 Å². The van der Waals surface area contributed by atoms with Crippen molar-refractivity contribution in [2.45, 2.75) is 98.1 Å². The number of halogens is 1. The zero-order valence-electron chi connectivity index (χ0n) is 26.7. The molecular weight excluding hydrogens is 559 g/mol. The minimum Gasteiger partial charge on any atom is -0.490 e. The number of carbonyl (C=O) groups is 1. The van der Waals surface area contributed by atoms with E-state index in [0.717, 1.165) is 72.5 Å². The Morgan fingerprint density at radius 1 is 1.16 bits per heavy atom. The zero-order valence-corrected chi connectivity index (χ0v) is 26.7. The molecule has 2 N–H and O–H groups in total. The number of aryl methyl sites for hydroxylation is 2. The Hall–Kier alpha value is -3.49. The molecule has 7 nitrogen and oxygen atoms in total. The summed E-state index contributed by atoms with van der Waals surface area (Å²) in [4.78, 5) is 19.8. The maximum Gasteiger partial charge on any atom is 0.337 e. The first-order valence-corrected chi connectivity index (χ1v) is 15.6. The minimum absolute atomic E-state index is 0.0161. The third-order valence-corrected chi connectivity index (χ3v) is 8.77. The lowest BCUT2D eigenvalue weighted by atomic mass is 9.81. The summed E-state index contributed by atoms with van der Waals surface area (Å²) in [5, 5.41) is 21.0. The van der Waals surface area contributed by atoms with Crippen LogP contribution in [-0.2, 0) is 29.0 Å². The van der Waals surface area contributed by atoms with E-state index >= 15 is 0 Å². The Labute approximate surface area is 260 Å². The van der Waals surface area contributed by atoms with Crippen molar-refractivity contribution in [3.8, 4) is 16.9 Å². The Bertz CT molecular complexity index is 1500. The van der Waals surface area contributed by atoms with E-state index in [4.69, 9.17) is 14.5 Å². The van der Waals surface area contributed by atoms with Crippen LogP contribution < -0.4 is 9.64 Å². The summed E-state index contributed by atoms with van der Waals surface area (Å²) in [6.07, 6.45) is 2.96. The Morgan fingerprint density at radius 2 is 1.84 bits per heavy atom. The standard InChI is InChI=1S/C36H45FN2O5/c1-22-30(33(34(41)42)44-35(2,3)4)32(39-17-15-36(5,6)16-18-39)31(28(21-40)38-22)25-10-14-29-24(20-25)9-13-27(43-29)19-23-7-11-26(37)12-8-23/h7-8,10-12,14,20,27,33,40H,9,13,15-19,21H2,1-6H3,(H,41,42)/t27-,33?/m1/s1. The number of rotatable bonds is 8. The number of aliphatic carboxylic acids is 1. The smallest absolute Gasteiger partial charge is 0.337 e. The normalized spacial score (nSPS) is 18.8. The average Bonchev–Trinajstić information content (AvgIpc) is 2.96. The van der Waals surface area contributed by atoms with E-state index < -0.39 is 17.7 Å². The predicted molar refractivity (Wildman–Crippen MR) is 170 cm³/mol. The fraction of sp³-hybridized carbons (Fsp3) is 0.500. The van der Waals surface area contributed by atoms with E-state index in [9.17, 15) is 19.4 Å². The van der Waals surface area contributed by atoms with Crippen LogP contribution in [0.1, 0.15) is 88.1 Å². The number of fused-ring (bicyclic) bond motifs is 1. The molecule has 3 aromatic rings. The molecular formula is C36H45FN2O5. The maximum atomic E-state index is 13.4. The second-order valence-electron chi connectivity index (χ2n) is 14.0. The number of hydrogen-bond donors (Lipinski definition) is 2. The molecule has 0 bridgehead atoms. The molecule has 8 heteroatoms. The van der Waals surface area contributed by atoms with Gasteiger partial charge in [-0.3, -0.25) is 4.98 Å². The third-order valence-electron chi connectivity index (χ3n) is 8.77. The number of anilines is 1. The molecule has 5 rings (SSSR count). The van der Waals surface area contributed by atoms with Gasteiger partial charge in [0.15, 0.2) is 6.10 Å². The summed E-state index contributed by atoms with van der Waals surface area (Å²) in [6.45, 7) is 13.1. The van der Waals surface area contributed by atoms with Crippen LogP contribution in [0.5, 0.6) is 5.75 Å². The summed E-state index contributed by atoms with van der Waals surface area (Å²) in [7, 11) is 0. The molecule has 1 fully saturated rings. The van der Waals surface area contributed by atoms with Crippen molar-refractivity contribution in [3.63, 3.8) is 0 Å². The molecule has 2 atom stereocenters. The van der Waals surface area contributed by atoms with Gasteiger partial charge in [0.25, 0.3) is 0 Å². The molecule has 44 heavy (non-hydrogen) atoms. The molecule has 0 amide bonds. The van der Waals surface area contributed by atoms with Crippen LogP contribution in [0.2, 0.25) is 0 Å². The van der Waals surface area contributed by atoms with Gasteiger partial charge < -0.3 is 24.6 Å². The molecule has 1 saturated heterocycles. The Kier molecular flexibility index (Phi) is 9.06. The maximum absolute atomic E-state index is 13.4. The second kappa shape index (κ2) is 12.5. The van der Waals surface area contributed by atoms with Crippen LogP contribution in [-0.4, -0.2) is 46.0 Å². The van der Waals surface area contributed by atoms with Crippen molar-refractivity contribution in [2.75, 3.05) is 18.0 Å². The monoisotopic (exact) mass is 604 g/mol. The van der Waals surface area contributed by atoms with Gasteiger partial charge in [0, 0.05) is 36.3 Å². The van der Waals surface area contributed by atoms with E-state index in [1.165, 1.54) is 12.1 Å². The molecule has 2 aliphatic heterocycles. The first-order chi connectivity index (χ1) is 20.7. The van der Waals surface area contributed by atoms with E-state index in [2.05, 4.69) is 24.8 Å². The van der Waals surface area contributed by atoms with Gasteiger partial charge in [0.2, 0.25) is 0 Å². The number of aromatic nitrogens is 1. The molecule has 0 aliphatic carbocycles. The number of pyridine rings is 1. The van der Waals surface area contributed by atoms with Gasteiger partial charge in [-0.05, 0) is 99.7 Å². The lowest BCUT2D eigenvalue weighted by molar-refractivity contribution is -0.160. The molecule has 0 radical (unpaired) electrons. The van der Waals surface area contributed by atoms with Gasteiger partial charge in [-0.15, -0.1) is 0 Å². The molecule has 1 unspecified atom stereocenters. The number of nitrogens with zero attached hydrogens (tertiary/aromatic N) is 2. The van der Waals surface area contributed by atoms with Crippen molar-refractivity contribution < 1.29 is 28.9 Å². The molecule has 0 saturated carbocycles. The summed E-state index contributed by atoms with van der Waals surface area (Å²) in [6, 6.07) is 12.6. The quantitative estimate of drug-likeness (QED) is 0.281. The van der Waals surface area contributed by atoms with Crippen molar-refractivity contribution in [1.82, 2.24) is 4.98 Å². The lowest BCUT2D eigenvalue weighted by Crippen LogP contribution is -2.39. The van der Waals surface area contributed by atoms with Crippen LogP contribution in [0.3, 0.4) is 0 Å². The second-order valence-corrected chi connectivity index (χ2v) is 14.0. The van der Waals surface area contributed by atoms with Crippen LogP contribution in [0.15, 0.2) is 42.5 Å². The fourth-order valence-corrected chi connectivity index (χ4v) is 6.37. The summed E-state index contributed by atoms with van der Waals surface area (Å²) >= 11 is 0. The molecule has 2 aromatic carbocycles. The Balaban J connectivity index is 1.59. The van der Waals surface area contributed by atoms with E-state index in [0.29, 0.717) is 23.4 Å². The van der Waals surface area contributed by atoms with Gasteiger partial charge >= 0.3 is 5.97 Å². The van der Waals surface area contributed by atoms with Gasteiger partial charge in [-0.1, -0.05) is 32.0 Å². The Morgan fingerprint density at radius 3 is 2.45 bits per heavy atom. The van der Waals surface area contributed by atoms with Crippen LogP contribution in [0.25, 0.3) is 11.1 Å². The third kappa shape index (κ3) is 7.08. The first-order valence-electron chi connectivity index (χ1n) is 15.6. The highest BCUT2D eigenvalue weighted by Gasteiger charge is 2.37. The molecule has 0 spiro atoms. The number of carboxylic acid groups (broad SMARTS) is 1. The van der Waals surface area contributed by atoms with E-state index in [1.54, 1.807) is 19.1 Å². The topological polar surface area (TPSA) is 92.1 Å². The van der Waals surface area contributed by atoms with Crippen molar-refractivity contribution in [1.29, 1.82) is 0 Å².